The fourth-order valence-electron chi connectivity index (χ4n) is 0.857. The zero-order valence-corrected chi connectivity index (χ0v) is 7.14. The summed E-state index contributed by atoms with van der Waals surface area (Å²) in [6.45, 7) is 0. The average Bonchev–Trinajstić information content (AvgIpc) is 2.47. The van der Waals surface area contributed by atoms with E-state index in [0.29, 0.717) is 0 Å². The molecule has 56 valence electrons. The predicted molar refractivity (Wildman–Crippen MR) is 46.1 cm³/mol. The van der Waals surface area contributed by atoms with E-state index in [0.717, 1.165) is 11.0 Å². The second kappa shape index (κ2) is 2.71. The fraction of sp³-hybridized carbons (Fsp3) is 0. The standard InChI is InChI=1S/C5H4N4S2/c10-11-9-5-4(2-8-9)1-6-3-7-5/h1-3,10H/p+1. The van der Waals surface area contributed by atoms with Crippen LogP contribution in [0.25, 0.3) is 11.0 Å². The molecule has 0 bridgehead atoms. The Bertz CT molecular complexity index is 371. The molecule has 0 radical (unpaired) electrons. The van der Waals surface area contributed by atoms with Gasteiger partial charge in [-0.05, 0) is 4.98 Å². The molecule has 11 heavy (non-hydrogen) atoms. The van der Waals surface area contributed by atoms with Crippen molar-refractivity contribution in [2.45, 2.75) is 0 Å². The lowest BCUT2D eigenvalue weighted by molar-refractivity contribution is -0.531. The number of aromatic amines is 1. The lowest BCUT2D eigenvalue weighted by Crippen LogP contribution is -2.25. The predicted octanol–water partition coefficient (Wildman–Crippen LogP) is 0.586. The van der Waals surface area contributed by atoms with Gasteiger partial charge in [0.1, 0.15) is 5.39 Å². The number of rotatable bonds is 1. The van der Waals surface area contributed by atoms with E-state index in [1.54, 1.807) is 10.3 Å². The summed E-state index contributed by atoms with van der Waals surface area (Å²) in [7, 11) is 1.27. The molecule has 0 fully saturated rings. The molecule has 2 rings (SSSR count). The van der Waals surface area contributed by atoms with Gasteiger partial charge in [-0.2, -0.15) is 0 Å². The number of thiol groups is 1. The van der Waals surface area contributed by atoms with Crippen molar-refractivity contribution in [3.63, 3.8) is 0 Å². The van der Waals surface area contributed by atoms with Crippen molar-refractivity contribution in [2.24, 2.45) is 0 Å². The molecule has 0 aliphatic rings. The van der Waals surface area contributed by atoms with Crippen LogP contribution in [-0.4, -0.2) is 15.1 Å². The van der Waals surface area contributed by atoms with E-state index in [1.807, 2.05) is 6.20 Å². The lowest BCUT2D eigenvalue weighted by Gasteiger charge is -1.81. The number of hydrogen-bond donors (Lipinski definition) is 2. The molecular weight excluding hydrogens is 180 g/mol. The van der Waals surface area contributed by atoms with E-state index in [4.69, 9.17) is 0 Å². The van der Waals surface area contributed by atoms with Gasteiger partial charge in [-0.15, -0.1) is 0 Å². The number of hydrogen-bond acceptors (Lipinski definition) is 4. The van der Waals surface area contributed by atoms with Crippen molar-refractivity contribution in [3.8, 4) is 0 Å². The molecule has 0 atom stereocenters. The first kappa shape index (κ1) is 6.93. The normalized spacial score (nSPS) is 10.6. The highest BCUT2D eigenvalue weighted by atomic mass is 33.1. The summed E-state index contributed by atoms with van der Waals surface area (Å²) in [6.07, 6.45) is 5.09. The minimum Gasteiger partial charge on any atom is -0.222 e. The van der Waals surface area contributed by atoms with E-state index in [9.17, 15) is 0 Å². The molecule has 2 aromatic heterocycles. The molecule has 4 nitrogen and oxygen atoms in total. The Morgan fingerprint density at radius 2 is 2.55 bits per heavy atom. The van der Waals surface area contributed by atoms with Gasteiger partial charge in [0.05, 0.1) is 6.20 Å². The van der Waals surface area contributed by atoms with Crippen molar-refractivity contribution in [1.82, 2.24) is 15.1 Å². The minimum absolute atomic E-state index is 0.847. The molecular formula is C5H5N4S2+. The summed E-state index contributed by atoms with van der Waals surface area (Å²) in [6, 6.07) is 0. The number of aromatic nitrogens is 4. The third-order valence-corrected chi connectivity index (χ3v) is 2.26. The second-order valence-electron chi connectivity index (χ2n) is 1.95. The van der Waals surface area contributed by atoms with Crippen LogP contribution in [-0.2, 0) is 0 Å². The van der Waals surface area contributed by atoms with Gasteiger partial charge < -0.3 is 0 Å². The first-order chi connectivity index (χ1) is 5.42. The number of nitrogens with one attached hydrogen (secondary N) is 1. The van der Waals surface area contributed by atoms with Gasteiger partial charge in [-0.3, -0.25) is 0 Å². The van der Waals surface area contributed by atoms with Gasteiger partial charge in [0.25, 0.3) is 0 Å². The van der Waals surface area contributed by atoms with E-state index < -0.39 is 0 Å². The summed E-state index contributed by atoms with van der Waals surface area (Å²) in [5, 5.41) is 3.94. The third-order valence-electron chi connectivity index (χ3n) is 1.33. The maximum Gasteiger partial charge on any atom is 0.366 e. The Labute approximate surface area is 72.0 Å². The van der Waals surface area contributed by atoms with Gasteiger partial charge >= 0.3 is 5.65 Å². The lowest BCUT2D eigenvalue weighted by atomic mass is 10.5. The van der Waals surface area contributed by atoms with E-state index in [-0.39, 0.29) is 0 Å². The number of nitrogens with zero attached hydrogens (tertiary/aromatic N) is 3. The molecule has 0 aliphatic heterocycles. The Hall–Kier alpha value is -0.750. The van der Waals surface area contributed by atoms with Crippen LogP contribution in [0.1, 0.15) is 0 Å². The summed E-state index contributed by atoms with van der Waals surface area (Å²) in [5.41, 5.74) is 0.847. The molecule has 0 amide bonds. The SMILES string of the molecule is SS[n+]1[nH]cc2cncnc21. The monoisotopic (exact) mass is 185 g/mol. The smallest absolute Gasteiger partial charge is 0.222 e. The molecule has 0 unspecified atom stereocenters. The van der Waals surface area contributed by atoms with Crippen molar-refractivity contribution in [3.05, 3.63) is 18.7 Å². The zero-order chi connectivity index (χ0) is 7.68. The summed E-state index contributed by atoms with van der Waals surface area (Å²) < 4.78 is 1.75. The van der Waals surface area contributed by atoms with E-state index >= 15 is 0 Å². The maximum atomic E-state index is 4.06. The number of fused-ring (bicyclic) bond motifs is 1. The zero-order valence-electron chi connectivity index (χ0n) is 5.43. The summed E-state index contributed by atoms with van der Waals surface area (Å²) in [4.78, 5) is 7.94. The molecule has 0 saturated heterocycles. The van der Waals surface area contributed by atoms with Crippen LogP contribution in [0.3, 0.4) is 0 Å². The van der Waals surface area contributed by atoms with Crippen LogP contribution >= 0.6 is 22.6 Å². The molecule has 0 saturated carbocycles. The van der Waals surface area contributed by atoms with Crippen LogP contribution in [0.4, 0.5) is 0 Å². The van der Waals surface area contributed by atoms with Crippen LogP contribution in [0.2, 0.25) is 0 Å². The van der Waals surface area contributed by atoms with Crippen LogP contribution in [0, 0.1) is 0 Å². The summed E-state index contributed by atoms with van der Waals surface area (Å²) in [5.74, 6) is 0. The van der Waals surface area contributed by atoms with Crippen molar-refractivity contribution < 1.29 is 4.09 Å². The quantitative estimate of drug-likeness (QED) is 0.388. The first-order valence-corrected chi connectivity index (χ1v) is 4.75. The Morgan fingerprint density at radius 1 is 1.64 bits per heavy atom. The van der Waals surface area contributed by atoms with Gasteiger partial charge in [-0.1, -0.05) is 15.7 Å². The van der Waals surface area contributed by atoms with Gasteiger partial charge in [0.15, 0.2) is 11.0 Å². The molecule has 0 aromatic carbocycles. The van der Waals surface area contributed by atoms with Crippen molar-refractivity contribution >= 4 is 33.7 Å². The first-order valence-electron chi connectivity index (χ1n) is 2.93. The number of H-pyrrole nitrogens is 1. The van der Waals surface area contributed by atoms with Crippen LogP contribution < -0.4 is 4.09 Å². The molecule has 1 N–H and O–H groups in total. The van der Waals surface area contributed by atoms with Crippen LogP contribution in [0.15, 0.2) is 18.7 Å². The maximum absolute atomic E-state index is 4.06. The highest BCUT2D eigenvalue weighted by Gasteiger charge is 2.10. The van der Waals surface area contributed by atoms with Crippen molar-refractivity contribution in [2.75, 3.05) is 0 Å². The third kappa shape index (κ3) is 1.08. The molecule has 0 aliphatic carbocycles. The molecule has 6 heteroatoms. The van der Waals surface area contributed by atoms with Crippen LogP contribution in [0.5, 0.6) is 0 Å². The minimum atomic E-state index is 0.847. The van der Waals surface area contributed by atoms with E-state index in [1.165, 1.54) is 17.3 Å². The molecule has 0 spiro atoms. The Balaban J connectivity index is 2.76. The highest BCUT2D eigenvalue weighted by Crippen LogP contribution is 2.06. The van der Waals surface area contributed by atoms with Gasteiger partial charge in [0.2, 0.25) is 6.33 Å². The fourth-order valence-corrected chi connectivity index (χ4v) is 1.56. The van der Waals surface area contributed by atoms with E-state index in [2.05, 4.69) is 26.7 Å². The topological polar surface area (TPSA) is 45.5 Å². The van der Waals surface area contributed by atoms with Gasteiger partial charge in [-0.25, -0.2) is 10.1 Å². The molecule has 2 aromatic rings. The second-order valence-corrected chi connectivity index (χ2v) is 2.97. The average molecular weight is 185 g/mol. The molecule has 2 heterocycles. The van der Waals surface area contributed by atoms with Gasteiger partial charge in [0, 0.05) is 6.20 Å². The van der Waals surface area contributed by atoms with Crippen molar-refractivity contribution in [1.29, 1.82) is 0 Å². The Morgan fingerprint density at radius 3 is 3.36 bits per heavy atom. The Kier molecular flexibility index (Phi) is 1.71. The highest BCUT2D eigenvalue weighted by molar-refractivity contribution is 8.65. The largest absolute Gasteiger partial charge is 0.366 e. The summed E-state index contributed by atoms with van der Waals surface area (Å²) >= 11 is 4.04.